The number of nitrogens with one attached hydrogen (secondary N) is 2. The predicted molar refractivity (Wildman–Crippen MR) is 72.1 cm³/mol. The van der Waals surface area contributed by atoms with Gasteiger partial charge >= 0.3 is 6.03 Å². The molecule has 0 aromatic carbocycles. The van der Waals surface area contributed by atoms with Gasteiger partial charge in [0.05, 0.1) is 0 Å². The maximum atomic E-state index is 11.5. The third-order valence-corrected chi connectivity index (χ3v) is 3.29. The molecule has 0 spiro atoms. The minimum Gasteiger partial charge on any atom is -0.338 e. The normalized spacial score (nSPS) is 17.8. The fourth-order valence-corrected chi connectivity index (χ4v) is 2.45. The quantitative estimate of drug-likeness (QED) is 0.726. The fraction of sp³-hybridized carbons (Fsp3) is 0.929. The molecule has 0 aromatic heterocycles. The third-order valence-electron chi connectivity index (χ3n) is 3.29. The van der Waals surface area contributed by atoms with Crippen LogP contribution >= 0.6 is 0 Å². The van der Waals surface area contributed by atoms with Crippen LogP contribution in [-0.2, 0) is 0 Å². The average Bonchev–Trinajstić information content (AvgIpc) is 2.23. The van der Waals surface area contributed by atoms with Crippen LogP contribution in [0.4, 0.5) is 4.79 Å². The Morgan fingerprint density at radius 2 is 1.82 bits per heavy atom. The molecule has 0 saturated heterocycles. The van der Waals surface area contributed by atoms with E-state index >= 15 is 0 Å². The highest BCUT2D eigenvalue weighted by Gasteiger charge is 2.14. The van der Waals surface area contributed by atoms with Crippen molar-refractivity contribution < 1.29 is 4.79 Å². The number of urea groups is 1. The monoisotopic (exact) mass is 240 g/mol. The number of hydrogen-bond acceptors (Lipinski definition) is 1. The van der Waals surface area contributed by atoms with E-state index in [2.05, 4.69) is 10.6 Å². The van der Waals surface area contributed by atoms with Crippen LogP contribution in [0.15, 0.2) is 0 Å². The van der Waals surface area contributed by atoms with Crippen molar-refractivity contribution in [1.82, 2.24) is 10.6 Å². The van der Waals surface area contributed by atoms with Gasteiger partial charge in [0.2, 0.25) is 0 Å². The lowest BCUT2D eigenvalue weighted by molar-refractivity contribution is 0.231. The third kappa shape index (κ3) is 7.24. The molecule has 1 fully saturated rings. The van der Waals surface area contributed by atoms with E-state index in [1.165, 1.54) is 38.5 Å². The molecule has 3 nitrogen and oxygen atoms in total. The highest BCUT2D eigenvalue weighted by atomic mass is 16.2. The van der Waals surface area contributed by atoms with Crippen molar-refractivity contribution in [2.75, 3.05) is 6.54 Å². The molecule has 1 aliphatic rings. The zero-order chi connectivity index (χ0) is 12.7. The van der Waals surface area contributed by atoms with Gasteiger partial charge in [0.15, 0.2) is 0 Å². The van der Waals surface area contributed by atoms with E-state index in [4.69, 9.17) is 0 Å². The van der Waals surface area contributed by atoms with Gasteiger partial charge in [-0.2, -0.15) is 0 Å². The Morgan fingerprint density at radius 3 is 2.41 bits per heavy atom. The van der Waals surface area contributed by atoms with E-state index < -0.39 is 0 Å². The molecule has 0 aliphatic heterocycles. The maximum Gasteiger partial charge on any atom is 0.315 e. The largest absolute Gasteiger partial charge is 0.338 e. The standard InChI is InChI=1S/C14H28N2O/c1-14(2,3)16-13(17)15-11-7-10-12-8-5-4-6-9-12/h12H,4-11H2,1-3H3,(H2,15,16,17). The highest BCUT2D eigenvalue weighted by Crippen LogP contribution is 2.26. The predicted octanol–water partition coefficient (Wildman–Crippen LogP) is 3.44. The van der Waals surface area contributed by atoms with Gasteiger partial charge in [-0.25, -0.2) is 4.79 Å². The van der Waals surface area contributed by atoms with Crippen LogP contribution in [0.2, 0.25) is 0 Å². The van der Waals surface area contributed by atoms with Crippen molar-refractivity contribution in [2.45, 2.75) is 71.3 Å². The van der Waals surface area contributed by atoms with E-state index in [0.717, 1.165) is 18.9 Å². The summed E-state index contributed by atoms with van der Waals surface area (Å²) in [7, 11) is 0. The van der Waals surface area contributed by atoms with Crippen LogP contribution < -0.4 is 10.6 Å². The van der Waals surface area contributed by atoms with Crippen molar-refractivity contribution >= 4 is 6.03 Å². The van der Waals surface area contributed by atoms with Gasteiger partial charge in [0, 0.05) is 12.1 Å². The van der Waals surface area contributed by atoms with Gasteiger partial charge < -0.3 is 10.6 Å². The number of carbonyl (C=O) groups is 1. The first-order chi connectivity index (χ1) is 7.97. The van der Waals surface area contributed by atoms with E-state index in [9.17, 15) is 4.79 Å². The molecule has 1 rings (SSSR count). The van der Waals surface area contributed by atoms with Crippen LogP contribution in [0.5, 0.6) is 0 Å². The second-order valence-corrected chi connectivity index (χ2v) is 6.28. The first-order valence-corrected chi connectivity index (χ1v) is 7.03. The summed E-state index contributed by atoms with van der Waals surface area (Å²) in [6.45, 7) is 6.79. The molecular formula is C14H28N2O. The van der Waals surface area contributed by atoms with Crippen LogP contribution in [0, 0.1) is 5.92 Å². The molecule has 0 heterocycles. The maximum absolute atomic E-state index is 11.5. The van der Waals surface area contributed by atoms with Gasteiger partial charge in [0.25, 0.3) is 0 Å². The highest BCUT2D eigenvalue weighted by molar-refractivity contribution is 5.74. The van der Waals surface area contributed by atoms with Gasteiger partial charge in [-0.15, -0.1) is 0 Å². The lowest BCUT2D eigenvalue weighted by atomic mass is 9.86. The zero-order valence-corrected chi connectivity index (χ0v) is 11.6. The van der Waals surface area contributed by atoms with Crippen LogP contribution in [0.3, 0.4) is 0 Å². The molecule has 0 unspecified atom stereocenters. The lowest BCUT2D eigenvalue weighted by Crippen LogP contribution is -2.46. The summed E-state index contributed by atoms with van der Waals surface area (Å²) in [6, 6.07) is -0.0406. The fourth-order valence-electron chi connectivity index (χ4n) is 2.45. The summed E-state index contributed by atoms with van der Waals surface area (Å²) in [6.07, 6.45) is 9.41. The van der Waals surface area contributed by atoms with Crippen LogP contribution in [-0.4, -0.2) is 18.1 Å². The Morgan fingerprint density at radius 1 is 1.18 bits per heavy atom. The van der Waals surface area contributed by atoms with Gasteiger partial charge in [-0.05, 0) is 39.5 Å². The van der Waals surface area contributed by atoms with Gasteiger partial charge in [-0.1, -0.05) is 32.1 Å². The van der Waals surface area contributed by atoms with Crippen molar-refractivity contribution in [3.8, 4) is 0 Å². The van der Waals surface area contributed by atoms with E-state index in [1.54, 1.807) is 0 Å². The summed E-state index contributed by atoms with van der Waals surface area (Å²) >= 11 is 0. The van der Waals surface area contributed by atoms with E-state index in [-0.39, 0.29) is 11.6 Å². The van der Waals surface area contributed by atoms with E-state index in [0.29, 0.717) is 0 Å². The smallest absolute Gasteiger partial charge is 0.315 e. The molecule has 1 aliphatic carbocycles. The molecule has 0 bridgehead atoms. The molecule has 0 aromatic rings. The first kappa shape index (κ1) is 14.3. The molecule has 2 N–H and O–H groups in total. The Bertz CT molecular complexity index is 227. The first-order valence-electron chi connectivity index (χ1n) is 7.03. The van der Waals surface area contributed by atoms with Crippen molar-refractivity contribution in [3.63, 3.8) is 0 Å². The van der Waals surface area contributed by atoms with Gasteiger partial charge in [0.1, 0.15) is 0 Å². The van der Waals surface area contributed by atoms with Crippen LogP contribution in [0.25, 0.3) is 0 Å². The summed E-state index contributed by atoms with van der Waals surface area (Å²) in [5, 5.41) is 5.84. The number of rotatable bonds is 4. The molecule has 100 valence electrons. The minimum absolute atomic E-state index is 0.0406. The molecule has 0 atom stereocenters. The number of carbonyl (C=O) groups excluding carboxylic acids is 1. The van der Waals surface area contributed by atoms with Gasteiger partial charge in [-0.3, -0.25) is 0 Å². The Balaban J connectivity index is 2.01. The summed E-state index contributed by atoms with van der Waals surface area (Å²) < 4.78 is 0. The molecule has 2 amide bonds. The van der Waals surface area contributed by atoms with E-state index in [1.807, 2.05) is 20.8 Å². The van der Waals surface area contributed by atoms with Crippen molar-refractivity contribution in [2.24, 2.45) is 5.92 Å². The minimum atomic E-state index is -0.145. The molecule has 3 heteroatoms. The molecular weight excluding hydrogens is 212 g/mol. The van der Waals surface area contributed by atoms with Crippen molar-refractivity contribution in [1.29, 1.82) is 0 Å². The zero-order valence-electron chi connectivity index (χ0n) is 11.6. The SMILES string of the molecule is CC(C)(C)NC(=O)NCCCC1CCCCC1. The second kappa shape index (κ2) is 6.87. The number of hydrogen-bond donors (Lipinski definition) is 2. The molecule has 17 heavy (non-hydrogen) atoms. The van der Waals surface area contributed by atoms with Crippen LogP contribution in [0.1, 0.15) is 65.7 Å². The lowest BCUT2D eigenvalue weighted by Gasteiger charge is -2.22. The molecule has 1 saturated carbocycles. The second-order valence-electron chi connectivity index (χ2n) is 6.28. The summed E-state index contributed by atoms with van der Waals surface area (Å²) in [4.78, 5) is 11.5. The summed E-state index contributed by atoms with van der Waals surface area (Å²) in [5.41, 5.74) is -0.145. The average molecular weight is 240 g/mol. The Hall–Kier alpha value is -0.730. The topological polar surface area (TPSA) is 41.1 Å². The Labute approximate surface area is 106 Å². The summed E-state index contributed by atoms with van der Waals surface area (Å²) in [5.74, 6) is 0.913. The molecule has 0 radical (unpaired) electrons. The van der Waals surface area contributed by atoms with Crippen molar-refractivity contribution in [3.05, 3.63) is 0 Å². The number of amides is 2. The Kier molecular flexibility index (Phi) is 5.79.